The first-order valence-corrected chi connectivity index (χ1v) is 7.28. The summed E-state index contributed by atoms with van der Waals surface area (Å²) in [5.74, 6) is 1.48. The summed E-state index contributed by atoms with van der Waals surface area (Å²) in [6.45, 7) is 8.07. The highest BCUT2D eigenvalue weighted by molar-refractivity contribution is 5.34. The van der Waals surface area contributed by atoms with E-state index in [9.17, 15) is 0 Å². The number of aromatic nitrogens is 2. The Labute approximate surface area is 115 Å². The van der Waals surface area contributed by atoms with Crippen molar-refractivity contribution in [2.75, 3.05) is 31.1 Å². The molecule has 0 bridgehead atoms. The first-order chi connectivity index (χ1) is 9.35. The van der Waals surface area contributed by atoms with Crippen LogP contribution in [0.5, 0.6) is 5.88 Å². The molecule has 1 atom stereocenters. The Morgan fingerprint density at radius 2 is 2.32 bits per heavy atom. The van der Waals surface area contributed by atoms with Crippen molar-refractivity contribution < 1.29 is 4.74 Å². The SMILES string of the molecule is CCCOc1ccnc(N(CCC)C2CCNC2)n1. The first-order valence-electron chi connectivity index (χ1n) is 7.28. The summed E-state index contributed by atoms with van der Waals surface area (Å²) >= 11 is 0. The molecule has 106 valence electrons. The minimum absolute atomic E-state index is 0.501. The number of nitrogens with zero attached hydrogens (tertiary/aromatic N) is 3. The van der Waals surface area contributed by atoms with Crippen LogP contribution in [0.2, 0.25) is 0 Å². The minimum Gasteiger partial charge on any atom is -0.478 e. The molecule has 5 nitrogen and oxygen atoms in total. The van der Waals surface area contributed by atoms with Gasteiger partial charge in [-0.3, -0.25) is 0 Å². The maximum absolute atomic E-state index is 5.59. The molecule has 1 aromatic rings. The minimum atomic E-state index is 0.501. The fraction of sp³-hybridized carbons (Fsp3) is 0.714. The molecule has 1 fully saturated rings. The average molecular weight is 264 g/mol. The van der Waals surface area contributed by atoms with Crippen LogP contribution in [0.15, 0.2) is 12.3 Å². The molecule has 1 saturated heterocycles. The predicted octanol–water partition coefficient (Wildman–Crippen LogP) is 1.84. The number of anilines is 1. The van der Waals surface area contributed by atoms with E-state index in [2.05, 4.69) is 34.0 Å². The summed E-state index contributed by atoms with van der Waals surface area (Å²) in [4.78, 5) is 11.3. The van der Waals surface area contributed by atoms with Gasteiger partial charge < -0.3 is 15.0 Å². The van der Waals surface area contributed by atoms with Gasteiger partial charge in [-0.25, -0.2) is 4.98 Å². The van der Waals surface area contributed by atoms with Crippen molar-refractivity contribution in [3.05, 3.63) is 12.3 Å². The molecular weight excluding hydrogens is 240 g/mol. The van der Waals surface area contributed by atoms with Gasteiger partial charge in [0.15, 0.2) is 0 Å². The third-order valence-corrected chi connectivity index (χ3v) is 3.27. The molecule has 1 aromatic heterocycles. The van der Waals surface area contributed by atoms with E-state index in [0.717, 1.165) is 44.8 Å². The highest BCUT2D eigenvalue weighted by atomic mass is 16.5. The molecule has 1 unspecified atom stereocenters. The molecule has 2 heterocycles. The second-order valence-corrected chi connectivity index (χ2v) is 4.88. The Hall–Kier alpha value is -1.36. The van der Waals surface area contributed by atoms with Crippen LogP contribution in [0.3, 0.4) is 0 Å². The lowest BCUT2D eigenvalue weighted by Gasteiger charge is -2.28. The highest BCUT2D eigenvalue weighted by Crippen LogP contribution is 2.18. The maximum atomic E-state index is 5.59. The normalized spacial score (nSPS) is 18.5. The second kappa shape index (κ2) is 7.28. The second-order valence-electron chi connectivity index (χ2n) is 4.88. The molecule has 19 heavy (non-hydrogen) atoms. The first kappa shape index (κ1) is 14.1. The van der Waals surface area contributed by atoms with Crippen molar-refractivity contribution in [3.8, 4) is 5.88 Å². The van der Waals surface area contributed by atoms with Crippen molar-refractivity contribution in [2.45, 2.75) is 39.2 Å². The zero-order valence-electron chi connectivity index (χ0n) is 11.9. The van der Waals surface area contributed by atoms with Gasteiger partial charge in [0.2, 0.25) is 11.8 Å². The van der Waals surface area contributed by atoms with E-state index in [1.165, 1.54) is 0 Å². The molecular formula is C14H24N4O. The van der Waals surface area contributed by atoms with Gasteiger partial charge >= 0.3 is 0 Å². The molecule has 1 aliphatic heterocycles. The van der Waals surface area contributed by atoms with Gasteiger partial charge in [-0.05, 0) is 25.8 Å². The molecule has 0 spiro atoms. The summed E-state index contributed by atoms with van der Waals surface area (Å²) in [6.07, 6.45) is 5.03. The number of nitrogens with one attached hydrogen (secondary N) is 1. The molecule has 5 heteroatoms. The summed E-state index contributed by atoms with van der Waals surface area (Å²) in [6, 6.07) is 2.33. The molecule has 0 aromatic carbocycles. The van der Waals surface area contributed by atoms with Crippen LogP contribution in [-0.2, 0) is 0 Å². The number of ether oxygens (including phenoxy) is 1. The van der Waals surface area contributed by atoms with Crippen LogP contribution in [0.4, 0.5) is 5.95 Å². The highest BCUT2D eigenvalue weighted by Gasteiger charge is 2.24. The van der Waals surface area contributed by atoms with E-state index in [0.29, 0.717) is 18.5 Å². The molecule has 2 rings (SSSR count). The fourth-order valence-electron chi connectivity index (χ4n) is 2.35. The largest absolute Gasteiger partial charge is 0.478 e. The van der Waals surface area contributed by atoms with Gasteiger partial charge in [0, 0.05) is 31.4 Å². The van der Waals surface area contributed by atoms with Crippen molar-refractivity contribution in [2.24, 2.45) is 0 Å². The molecule has 0 aliphatic carbocycles. The van der Waals surface area contributed by atoms with Crippen LogP contribution >= 0.6 is 0 Å². The van der Waals surface area contributed by atoms with Gasteiger partial charge in [-0.15, -0.1) is 0 Å². The maximum Gasteiger partial charge on any atom is 0.228 e. The Bertz CT molecular complexity index is 379. The van der Waals surface area contributed by atoms with Crippen molar-refractivity contribution in [3.63, 3.8) is 0 Å². The van der Waals surface area contributed by atoms with Crippen LogP contribution in [0.25, 0.3) is 0 Å². The quantitative estimate of drug-likeness (QED) is 0.814. The Balaban J connectivity index is 2.11. The Morgan fingerprint density at radius 1 is 1.42 bits per heavy atom. The van der Waals surface area contributed by atoms with E-state index >= 15 is 0 Å². The number of hydrogen-bond acceptors (Lipinski definition) is 5. The van der Waals surface area contributed by atoms with Gasteiger partial charge in [0.25, 0.3) is 0 Å². The van der Waals surface area contributed by atoms with Crippen LogP contribution in [-0.4, -0.2) is 42.3 Å². The zero-order chi connectivity index (χ0) is 13.5. The third-order valence-electron chi connectivity index (χ3n) is 3.27. The predicted molar refractivity (Wildman–Crippen MR) is 76.7 cm³/mol. The topological polar surface area (TPSA) is 50.3 Å². The number of hydrogen-bond donors (Lipinski definition) is 1. The lowest BCUT2D eigenvalue weighted by atomic mass is 10.2. The summed E-state index contributed by atoms with van der Waals surface area (Å²) in [5.41, 5.74) is 0. The Morgan fingerprint density at radius 3 is 3.00 bits per heavy atom. The molecule has 0 radical (unpaired) electrons. The van der Waals surface area contributed by atoms with Gasteiger partial charge in [-0.2, -0.15) is 4.98 Å². The van der Waals surface area contributed by atoms with E-state index in [4.69, 9.17) is 4.74 Å². The van der Waals surface area contributed by atoms with Crippen molar-refractivity contribution >= 4 is 5.95 Å². The zero-order valence-corrected chi connectivity index (χ0v) is 11.9. The average Bonchev–Trinajstić information content (AvgIpc) is 2.96. The third kappa shape index (κ3) is 3.80. The molecule has 0 saturated carbocycles. The van der Waals surface area contributed by atoms with E-state index in [-0.39, 0.29) is 0 Å². The van der Waals surface area contributed by atoms with Gasteiger partial charge in [-0.1, -0.05) is 13.8 Å². The molecule has 0 amide bonds. The van der Waals surface area contributed by atoms with Crippen LogP contribution < -0.4 is 15.0 Å². The van der Waals surface area contributed by atoms with Gasteiger partial charge in [0.05, 0.1) is 6.61 Å². The van der Waals surface area contributed by atoms with Gasteiger partial charge in [0.1, 0.15) is 0 Å². The standard InChI is InChI=1S/C14H24N4O/c1-3-9-18(12-5-7-15-11-12)14-16-8-6-13(17-14)19-10-4-2/h6,8,12,15H,3-5,7,9-11H2,1-2H3. The number of rotatable bonds is 7. The fourth-order valence-corrected chi connectivity index (χ4v) is 2.35. The summed E-state index contributed by atoms with van der Waals surface area (Å²) in [7, 11) is 0. The summed E-state index contributed by atoms with van der Waals surface area (Å²) < 4.78 is 5.59. The monoisotopic (exact) mass is 264 g/mol. The van der Waals surface area contributed by atoms with E-state index in [1.807, 2.05) is 6.07 Å². The Kier molecular flexibility index (Phi) is 5.39. The smallest absolute Gasteiger partial charge is 0.228 e. The van der Waals surface area contributed by atoms with Crippen molar-refractivity contribution in [1.82, 2.24) is 15.3 Å². The summed E-state index contributed by atoms with van der Waals surface area (Å²) in [5, 5.41) is 3.40. The van der Waals surface area contributed by atoms with E-state index in [1.54, 1.807) is 6.20 Å². The van der Waals surface area contributed by atoms with Crippen molar-refractivity contribution in [1.29, 1.82) is 0 Å². The van der Waals surface area contributed by atoms with Crippen LogP contribution in [0.1, 0.15) is 33.1 Å². The van der Waals surface area contributed by atoms with Crippen LogP contribution in [0, 0.1) is 0 Å². The lowest BCUT2D eigenvalue weighted by Crippen LogP contribution is -2.38. The molecule has 1 aliphatic rings. The van der Waals surface area contributed by atoms with E-state index < -0.39 is 0 Å². The molecule has 1 N–H and O–H groups in total. The lowest BCUT2D eigenvalue weighted by molar-refractivity contribution is 0.304.